The molecule has 2 aliphatic heterocycles. The van der Waals surface area contributed by atoms with Crippen molar-refractivity contribution in [3.63, 3.8) is 0 Å². The molecule has 5 amide bonds. The zero-order valence-corrected chi connectivity index (χ0v) is 16.5. The molecule has 2 aliphatic rings. The van der Waals surface area contributed by atoms with E-state index in [1.807, 2.05) is 0 Å². The van der Waals surface area contributed by atoms with E-state index in [4.69, 9.17) is 5.73 Å². The molecule has 0 aromatic heterocycles. The van der Waals surface area contributed by atoms with Crippen molar-refractivity contribution in [2.24, 2.45) is 5.73 Å². The minimum absolute atomic E-state index is 0.0559. The number of nitrogens with one attached hydrogen (secondary N) is 3. The molecule has 1 saturated heterocycles. The number of hydrogen-bond donors (Lipinski definition) is 4. The van der Waals surface area contributed by atoms with Gasteiger partial charge in [-0.25, -0.2) is 0 Å². The Morgan fingerprint density at radius 2 is 1.93 bits per heavy atom. The van der Waals surface area contributed by atoms with Gasteiger partial charge in [-0.15, -0.1) is 0 Å². The molecule has 0 aliphatic carbocycles. The van der Waals surface area contributed by atoms with Crippen LogP contribution in [0.5, 0.6) is 0 Å². The van der Waals surface area contributed by atoms with Crippen molar-refractivity contribution in [3.05, 3.63) is 29.3 Å². The molecular weight excluding hydrogens is 390 g/mol. The van der Waals surface area contributed by atoms with Gasteiger partial charge in [-0.1, -0.05) is 12.5 Å². The van der Waals surface area contributed by atoms with Gasteiger partial charge < -0.3 is 16.4 Å². The van der Waals surface area contributed by atoms with Crippen molar-refractivity contribution in [3.8, 4) is 0 Å². The highest BCUT2D eigenvalue weighted by atomic mass is 16.2. The number of unbranched alkanes of at least 4 members (excludes halogenated alkanes) is 2. The van der Waals surface area contributed by atoms with Crippen molar-refractivity contribution in [2.45, 2.75) is 38.1 Å². The first-order valence-corrected chi connectivity index (χ1v) is 9.99. The Hall–Kier alpha value is -3.27. The second-order valence-electron chi connectivity index (χ2n) is 7.23. The molecular formula is C20H25N5O5. The number of carbonyl (C=O) groups is 5. The molecule has 1 fully saturated rings. The summed E-state index contributed by atoms with van der Waals surface area (Å²) < 4.78 is 0. The molecule has 3 rings (SSSR count). The molecule has 0 spiro atoms. The predicted molar refractivity (Wildman–Crippen MR) is 108 cm³/mol. The lowest BCUT2D eigenvalue weighted by atomic mass is 10.0. The number of hydrogen-bond acceptors (Lipinski definition) is 7. The van der Waals surface area contributed by atoms with Gasteiger partial charge in [0, 0.05) is 18.7 Å². The van der Waals surface area contributed by atoms with E-state index in [0.717, 1.165) is 24.2 Å². The number of carbonyl (C=O) groups excluding carboxylic acids is 5. The van der Waals surface area contributed by atoms with Crippen LogP contribution in [0.4, 0.5) is 5.69 Å². The number of anilines is 1. The smallest absolute Gasteiger partial charge is 0.264 e. The average Bonchev–Trinajstić information content (AvgIpc) is 2.97. The summed E-state index contributed by atoms with van der Waals surface area (Å²) in [5.74, 6) is -2.53. The van der Waals surface area contributed by atoms with E-state index in [1.165, 1.54) is 6.07 Å². The van der Waals surface area contributed by atoms with Crippen LogP contribution in [-0.4, -0.2) is 60.1 Å². The van der Waals surface area contributed by atoms with Gasteiger partial charge in [-0.3, -0.25) is 34.2 Å². The van der Waals surface area contributed by atoms with Crippen LogP contribution in [0.2, 0.25) is 0 Å². The summed E-state index contributed by atoms with van der Waals surface area (Å²) in [6.07, 6.45) is 2.82. The van der Waals surface area contributed by atoms with Gasteiger partial charge in [0.15, 0.2) is 0 Å². The number of rotatable bonds is 9. The lowest BCUT2D eigenvalue weighted by Gasteiger charge is -2.27. The minimum atomic E-state index is -1.03. The second kappa shape index (κ2) is 9.49. The summed E-state index contributed by atoms with van der Waals surface area (Å²) >= 11 is 0. The number of piperidine rings is 1. The third-order valence-electron chi connectivity index (χ3n) is 5.11. The topological polar surface area (TPSA) is 151 Å². The summed E-state index contributed by atoms with van der Waals surface area (Å²) in [5.41, 5.74) is 6.07. The molecule has 30 heavy (non-hydrogen) atoms. The Labute approximate surface area is 173 Å². The van der Waals surface area contributed by atoms with E-state index in [2.05, 4.69) is 16.0 Å². The molecule has 0 radical (unpaired) electrons. The summed E-state index contributed by atoms with van der Waals surface area (Å²) in [6.45, 7) is 1.10. The van der Waals surface area contributed by atoms with E-state index in [-0.39, 0.29) is 36.4 Å². The van der Waals surface area contributed by atoms with Gasteiger partial charge in [-0.2, -0.15) is 0 Å². The van der Waals surface area contributed by atoms with Crippen molar-refractivity contribution in [1.82, 2.24) is 15.5 Å². The Morgan fingerprint density at radius 1 is 1.13 bits per heavy atom. The van der Waals surface area contributed by atoms with Crippen LogP contribution < -0.4 is 21.7 Å². The Morgan fingerprint density at radius 3 is 2.67 bits per heavy atom. The number of nitrogens with zero attached hydrogens (tertiary/aromatic N) is 1. The third kappa shape index (κ3) is 4.48. The maximum absolute atomic E-state index is 13.0. The predicted octanol–water partition coefficient (Wildman–Crippen LogP) is -0.255. The fraction of sp³-hybridized carbons (Fsp3) is 0.450. The first-order valence-electron chi connectivity index (χ1n) is 9.99. The van der Waals surface area contributed by atoms with Gasteiger partial charge in [0.1, 0.15) is 6.04 Å². The monoisotopic (exact) mass is 415 g/mol. The lowest BCUT2D eigenvalue weighted by molar-refractivity contribution is -0.136. The zero-order valence-electron chi connectivity index (χ0n) is 16.5. The highest BCUT2D eigenvalue weighted by molar-refractivity contribution is 6.25. The van der Waals surface area contributed by atoms with Crippen molar-refractivity contribution in [1.29, 1.82) is 0 Å². The summed E-state index contributed by atoms with van der Waals surface area (Å²) in [4.78, 5) is 62.2. The van der Waals surface area contributed by atoms with Crippen LogP contribution in [-0.2, 0) is 14.4 Å². The van der Waals surface area contributed by atoms with Gasteiger partial charge in [0.05, 0.1) is 17.7 Å². The van der Waals surface area contributed by atoms with Crippen molar-refractivity contribution < 1.29 is 24.0 Å². The summed E-state index contributed by atoms with van der Waals surface area (Å²) in [7, 11) is 0. The van der Waals surface area contributed by atoms with Crippen LogP contribution in [0.3, 0.4) is 0 Å². The normalized spacial score (nSPS) is 18.3. The highest BCUT2D eigenvalue weighted by Gasteiger charge is 2.45. The fourth-order valence-electron chi connectivity index (χ4n) is 3.57. The zero-order chi connectivity index (χ0) is 21.7. The van der Waals surface area contributed by atoms with E-state index in [0.29, 0.717) is 18.8 Å². The van der Waals surface area contributed by atoms with Crippen molar-refractivity contribution >= 4 is 35.2 Å². The highest BCUT2D eigenvalue weighted by Crippen LogP contribution is 2.32. The average molecular weight is 415 g/mol. The van der Waals surface area contributed by atoms with Crippen LogP contribution in [0.15, 0.2) is 18.2 Å². The van der Waals surface area contributed by atoms with Gasteiger partial charge in [0.25, 0.3) is 11.8 Å². The molecule has 10 heteroatoms. The Bertz CT molecular complexity index is 884. The maximum atomic E-state index is 13.0. The molecule has 1 aromatic rings. The lowest BCUT2D eigenvalue weighted by Crippen LogP contribution is -2.54. The van der Waals surface area contributed by atoms with Gasteiger partial charge in [0.2, 0.25) is 17.7 Å². The number of benzene rings is 1. The Balaban J connectivity index is 1.66. The van der Waals surface area contributed by atoms with E-state index in [9.17, 15) is 24.0 Å². The first kappa shape index (κ1) is 21.4. The second-order valence-corrected chi connectivity index (χ2v) is 7.23. The number of amides is 5. The molecule has 2 heterocycles. The molecule has 1 atom stereocenters. The molecule has 160 valence electrons. The SMILES string of the molecule is NCCCCCNC(=O)CNc1cccc2c1C(=O)N(C1CCC(=O)NC1=O)C2=O. The largest absolute Gasteiger partial charge is 0.375 e. The number of nitrogens with two attached hydrogens (primary N) is 1. The van der Waals surface area contributed by atoms with Gasteiger partial charge >= 0.3 is 0 Å². The van der Waals surface area contributed by atoms with E-state index < -0.39 is 29.7 Å². The van der Waals surface area contributed by atoms with Crippen molar-refractivity contribution in [2.75, 3.05) is 25.0 Å². The van der Waals surface area contributed by atoms with E-state index in [1.54, 1.807) is 12.1 Å². The molecule has 0 bridgehead atoms. The summed E-state index contributed by atoms with van der Waals surface area (Å²) in [6, 6.07) is 3.68. The molecule has 0 saturated carbocycles. The third-order valence-corrected chi connectivity index (χ3v) is 5.11. The summed E-state index contributed by atoms with van der Waals surface area (Å²) in [5, 5.41) is 7.85. The van der Waals surface area contributed by atoms with Crippen LogP contribution in [0.1, 0.15) is 52.8 Å². The quantitative estimate of drug-likeness (QED) is 0.321. The minimum Gasteiger partial charge on any atom is -0.375 e. The van der Waals surface area contributed by atoms with E-state index >= 15 is 0 Å². The molecule has 1 unspecified atom stereocenters. The number of fused-ring (bicyclic) bond motifs is 1. The van der Waals surface area contributed by atoms with Gasteiger partial charge in [-0.05, 0) is 37.9 Å². The first-order chi connectivity index (χ1) is 14.4. The molecule has 10 nitrogen and oxygen atoms in total. The maximum Gasteiger partial charge on any atom is 0.264 e. The van der Waals surface area contributed by atoms with Crippen LogP contribution in [0, 0.1) is 0 Å². The molecule has 1 aromatic carbocycles. The fourth-order valence-corrected chi connectivity index (χ4v) is 3.57. The van der Waals surface area contributed by atoms with Crippen LogP contribution >= 0.6 is 0 Å². The Kier molecular flexibility index (Phi) is 6.78. The number of imide groups is 2. The standard InChI is InChI=1S/C20H25N5O5/c21-9-2-1-3-10-22-16(27)11-23-13-6-4-5-12-17(13)20(30)25(19(12)29)14-7-8-15(26)24-18(14)28/h4-6,14,23H,1-3,7-11,21H2,(H,22,27)(H,24,26,28). The molecule has 5 N–H and O–H groups in total. The van der Waals surface area contributed by atoms with Crippen LogP contribution in [0.25, 0.3) is 0 Å².